The number of benzene rings is 1. The molecule has 0 aliphatic rings. The normalized spacial score (nSPS) is 12.7. The molecule has 1 aromatic carbocycles. The largest absolute Gasteiger partial charge is 0.387 e. The third-order valence-electron chi connectivity index (χ3n) is 2.33. The Kier molecular flexibility index (Phi) is 4.05. The van der Waals surface area contributed by atoms with Gasteiger partial charge in [-0.25, -0.2) is 4.39 Å². The predicted molar refractivity (Wildman–Crippen MR) is 69.4 cm³/mol. The van der Waals surface area contributed by atoms with Crippen LogP contribution in [0.3, 0.4) is 0 Å². The number of halogens is 3. The van der Waals surface area contributed by atoms with E-state index >= 15 is 0 Å². The van der Waals surface area contributed by atoms with Crippen LogP contribution in [-0.2, 0) is 6.42 Å². The molecule has 1 aromatic heterocycles. The van der Waals surface area contributed by atoms with Crippen LogP contribution in [0.1, 0.15) is 16.5 Å². The first-order valence-electron chi connectivity index (χ1n) is 4.92. The molecule has 0 fully saturated rings. The molecule has 2 rings (SSSR count). The summed E-state index contributed by atoms with van der Waals surface area (Å²) in [6.45, 7) is 0. The van der Waals surface area contributed by atoms with Crippen molar-refractivity contribution in [2.45, 2.75) is 12.5 Å². The highest BCUT2D eigenvalue weighted by molar-refractivity contribution is 7.10. The van der Waals surface area contributed by atoms with Crippen molar-refractivity contribution in [3.05, 3.63) is 55.9 Å². The van der Waals surface area contributed by atoms with Crippen LogP contribution >= 0.6 is 34.5 Å². The van der Waals surface area contributed by atoms with Gasteiger partial charge in [-0.05, 0) is 23.8 Å². The number of rotatable bonds is 3. The topological polar surface area (TPSA) is 20.2 Å². The van der Waals surface area contributed by atoms with Crippen LogP contribution in [-0.4, -0.2) is 5.11 Å². The van der Waals surface area contributed by atoms with E-state index in [1.165, 1.54) is 23.5 Å². The maximum Gasteiger partial charge on any atom is 0.142 e. The van der Waals surface area contributed by atoms with Gasteiger partial charge in [0, 0.05) is 16.7 Å². The zero-order valence-corrected chi connectivity index (χ0v) is 11.0. The van der Waals surface area contributed by atoms with Crippen molar-refractivity contribution in [3.8, 4) is 0 Å². The Hall–Kier alpha value is -0.610. The Bertz CT molecular complexity index is 527. The molecule has 0 radical (unpaired) electrons. The van der Waals surface area contributed by atoms with E-state index in [1.807, 2.05) is 0 Å². The van der Waals surface area contributed by atoms with Crippen molar-refractivity contribution >= 4 is 34.5 Å². The summed E-state index contributed by atoms with van der Waals surface area (Å²) in [7, 11) is 0. The Morgan fingerprint density at radius 3 is 2.65 bits per heavy atom. The lowest BCUT2D eigenvalue weighted by Gasteiger charge is -2.08. The zero-order valence-electron chi connectivity index (χ0n) is 8.66. The Labute approximate surface area is 112 Å². The number of aliphatic hydroxyl groups is 1. The van der Waals surface area contributed by atoms with Crippen LogP contribution in [0.4, 0.5) is 4.39 Å². The summed E-state index contributed by atoms with van der Waals surface area (Å²) in [6, 6.07) is 6.23. The van der Waals surface area contributed by atoms with E-state index in [9.17, 15) is 9.50 Å². The molecule has 0 aliphatic carbocycles. The van der Waals surface area contributed by atoms with E-state index < -0.39 is 11.9 Å². The molecule has 0 saturated heterocycles. The van der Waals surface area contributed by atoms with Crippen molar-refractivity contribution in [1.29, 1.82) is 0 Å². The molecule has 0 saturated carbocycles. The Morgan fingerprint density at radius 2 is 2.06 bits per heavy atom. The van der Waals surface area contributed by atoms with Crippen molar-refractivity contribution < 1.29 is 9.50 Å². The van der Waals surface area contributed by atoms with Crippen molar-refractivity contribution in [3.63, 3.8) is 0 Å². The third kappa shape index (κ3) is 3.19. The summed E-state index contributed by atoms with van der Waals surface area (Å²) in [6.07, 6.45) is -0.335. The number of hydrogen-bond donors (Lipinski definition) is 1. The van der Waals surface area contributed by atoms with Gasteiger partial charge in [-0.2, -0.15) is 0 Å². The molecule has 1 heterocycles. The van der Waals surface area contributed by atoms with Crippen LogP contribution in [0.25, 0.3) is 0 Å². The van der Waals surface area contributed by atoms with Gasteiger partial charge in [0.05, 0.1) is 16.1 Å². The molecule has 0 amide bonds. The average Bonchev–Trinajstić information content (AvgIpc) is 2.70. The molecule has 5 heteroatoms. The van der Waals surface area contributed by atoms with Gasteiger partial charge in [0.25, 0.3) is 0 Å². The van der Waals surface area contributed by atoms with Gasteiger partial charge in [-0.1, -0.05) is 29.3 Å². The second kappa shape index (κ2) is 5.36. The van der Waals surface area contributed by atoms with E-state index in [1.54, 1.807) is 17.5 Å². The minimum Gasteiger partial charge on any atom is -0.387 e. The smallest absolute Gasteiger partial charge is 0.142 e. The first-order chi connectivity index (χ1) is 8.06. The quantitative estimate of drug-likeness (QED) is 0.884. The second-order valence-electron chi connectivity index (χ2n) is 3.64. The number of hydrogen-bond acceptors (Lipinski definition) is 2. The molecular weight excluding hydrogens is 282 g/mol. The van der Waals surface area contributed by atoms with E-state index in [2.05, 4.69) is 0 Å². The van der Waals surface area contributed by atoms with Crippen molar-refractivity contribution in [2.24, 2.45) is 0 Å². The van der Waals surface area contributed by atoms with Gasteiger partial charge in [-0.15, -0.1) is 11.3 Å². The molecule has 17 heavy (non-hydrogen) atoms. The van der Waals surface area contributed by atoms with E-state index in [0.717, 1.165) is 4.88 Å². The molecule has 1 atom stereocenters. The summed E-state index contributed by atoms with van der Waals surface area (Å²) in [4.78, 5) is 0.769. The van der Waals surface area contributed by atoms with Crippen LogP contribution < -0.4 is 0 Å². The lowest BCUT2D eigenvalue weighted by atomic mass is 10.1. The summed E-state index contributed by atoms with van der Waals surface area (Å²) in [5, 5.41) is 12.4. The third-order valence-corrected chi connectivity index (χ3v) is 4.02. The molecular formula is C12H9Cl2FOS. The van der Waals surface area contributed by atoms with Gasteiger partial charge in [-0.3, -0.25) is 0 Å². The van der Waals surface area contributed by atoms with E-state index in [0.29, 0.717) is 17.0 Å². The molecule has 1 nitrogen and oxygen atoms in total. The zero-order chi connectivity index (χ0) is 12.4. The highest BCUT2D eigenvalue weighted by Gasteiger charge is 2.12. The van der Waals surface area contributed by atoms with Crippen LogP contribution in [0.15, 0.2) is 29.6 Å². The molecule has 0 aliphatic heterocycles. The Morgan fingerprint density at radius 1 is 1.29 bits per heavy atom. The summed E-state index contributed by atoms with van der Waals surface area (Å²) >= 11 is 12.7. The highest BCUT2D eigenvalue weighted by Crippen LogP contribution is 2.28. The summed E-state index contributed by atoms with van der Waals surface area (Å²) in [5.74, 6) is -0.472. The van der Waals surface area contributed by atoms with Gasteiger partial charge in [0.1, 0.15) is 5.82 Å². The molecule has 1 unspecified atom stereocenters. The fourth-order valence-corrected chi connectivity index (χ4v) is 2.68. The fourth-order valence-electron chi connectivity index (χ4n) is 1.49. The van der Waals surface area contributed by atoms with E-state index in [-0.39, 0.29) is 5.02 Å². The van der Waals surface area contributed by atoms with E-state index in [4.69, 9.17) is 23.2 Å². The fraction of sp³-hybridized carbons (Fsp3) is 0.167. The first kappa shape index (κ1) is 12.8. The average molecular weight is 291 g/mol. The summed E-state index contributed by atoms with van der Waals surface area (Å²) < 4.78 is 13.2. The van der Waals surface area contributed by atoms with Crippen molar-refractivity contribution in [2.75, 3.05) is 0 Å². The Balaban J connectivity index is 2.12. The van der Waals surface area contributed by atoms with Crippen LogP contribution in [0.5, 0.6) is 0 Å². The second-order valence-corrected chi connectivity index (χ2v) is 5.42. The van der Waals surface area contributed by atoms with Gasteiger partial charge < -0.3 is 5.11 Å². The van der Waals surface area contributed by atoms with Crippen LogP contribution in [0, 0.1) is 5.82 Å². The minimum atomic E-state index is -0.673. The standard InChI is InChI=1S/C12H9Cl2FOS/c13-8-5-12(17-6-8)11(16)4-7-1-2-9(14)10(15)3-7/h1-3,5-6,11,16H,4H2. The summed E-state index contributed by atoms with van der Waals surface area (Å²) in [5.41, 5.74) is 0.698. The SMILES string of the molecule is OC(Cc1ccc(Cl)c(F)c1)c1cc(Cl)cs1. The lowest BCUT2D eigenvalue weighted by Crippen LogP contribution is -1.99. The number of thiophene rings is 1. The molecule has 90 valence electrons. The monoisotopic (exact) mass is 290 g/mol. The number of aliphatic hydroxyl groups excluding tert-OH is 1. The lowest BCUT2D eigenvalue weighted by molar-refractivity contribution is 0.182. The first-order valence-corrected chi connectivity index (χ1v) is 6.56. The van der Waals surface area contributed by atoms with Crippen molar-refractivity contribution in [1.82, 2.24) is 0 Å². The van der Waals surface area contributed by atoms with Gasteiger partial charge >= 0.3 is 0 Å². The maximum absolute atomic E-state index is 13.2. The van der Waals surface area contributed by atoms with Gasteiger partial charge in [0.15, 0.2) is 0 Å². The van der Waals surface area contributed by atoms with Crippen LogP contribution in [0.2, 0.25) is 10.0 Å². The molecule has 1 N–H and O–H groups in total. The highest BCUT2D eigenvalue weighted by atomic mass is 35.5. The molecule has 0 spiro atoms. The predicted octanol–water partition coefficient (Wildman–Crippen LogP) is 4.47. The molecule has 0 bridgehead atoms. The molecule has 2 aromatic rings. The minimum absolute atomic E-state index is 0.0856. The van der Waals surface area contributed by atoms with Gasteiger partial charge in [0.2, 0.25) is 0 Å². The maximum atomic E-state index is 13.2.